The standard InChI is InChI=1S/C18H20N4O2S/c1-12(2)14-6-4-5-7-15(14)22-9-8-19-18(22)25-11-17(23)20-16-10-13(3)24-21-16/h4-10,12H,11H2,1-3H3,(H,20,21,23). The number of nitrogens with zero attached hydrogens (tertiary/aromatic N) is 3. The van der Waals surface area contributed by atoms with Crippen molar-refractivity contribution in [3.05, 3.63) is 54.0 Å². The molecular formula is C18H20N4O2S. The van der Waals surface area contributed by atoms with Gasteiger partial charge in [0.2, 0.25) is 5.91 Å². The predicted octanol–water partition coefficient (Wildman–Crippen LogP) is 4.02. The maximum absolute atomic E-state index is 12.1. The van der Waals surface area contributed by atoms with Crippen molar-refractivity contribution < 1.29 is 9.32 Å². The van der Waals surface area contributed by atoms with Gasteiger partial charge >= 0.3 is 0 Å². The zero-order chi connectivity index (χ0) is 17.8. The van der Waals surface area contributed by atoms with Crippen LogP contribution >= 0.6 is 11.8 Å². The first kappa shape index (κ1) is 17.3. The molecule has 0 bridgehead atoms. The van der Waals surface area contributed by atoms with Crippen molar-refractivity contribution in [3.63, 3.8) is 0 Å². The van der Waals surface area contributed by atoms with E-state index in [1.54, 1.807) is 19.2 Å². The zero-order valence-electron chi connectivity index (χ0n) is 14.4. The fraction of sp³-hybridized carbons (Fsp3) is 0.278. The number of carbonyl (C=O) groups excluding carboxylic acids is 1. The average Bonchev–Trinajstić information content (AvgIpc) is 3.21. The van der Waals surface area contributed by atoms with Crippen molar-refractivity contribution in [1.29, 1.82) is 0 Å². The summed E-state index contributed by atoms with van der Waals surface area (Å²) in [6.45, 7) is 6.10. The Morgan fingerprint density at radius 2 is 2.16 bits per heavy atom. The van der Waals surface area contributed by atoms with E-state index < -0.39 is 0 Å². The molecule has 2 aromatic heterocycles. The van der Waals surface area contributed by atoms with E-state index in [0.717, 1.165) is 10.8 Å². The molecule has 3 rings (SSSR count). The smallest absolute Gasteiger partial charge is 0.236 e. The maximum atomic E-state index is 12.1. The number of carbonyl (C=O) groups is 1. The second-order valence-electron chi connectivity index (χ2n) is 5.95. The third kappa shape index (κ3) is 4.11. The molecule has 0 atom stereocenters. The quantitative estimate of drug-likeness (QED) is 0.675. The van der Waals surface area contributed by atoms with Gasteiger partial charge in [-0.2, -0.15) is 0 Å². The molecule has 0 saturated heterocycles. The van der Waals surface area contributed by atoms with Crippen molar-refractivity contribution in [2.45, 2.75) is 31.8 Å². The Balaban J connectivity index is 1.71. The number of hydrogen-bond donors (Lipinski definition) is 1. The molecule has 0 radical (unpaired) electrons. The largest absolute Gasteiger partial charge is 0.360 e. The predicted molar refractivity (Wildman–Crippen MR) is 98.2 cm³/mol. The van der Waals surface area contributed by atoms with Crippen molar-refractivity contribution in [2.75, 3.05) is 11.1 Å². The number of nitrogens with one attached hydrogen (secondary N) is 1. The second kappa shape index (κ2) is 7.57. The first-order valence-corrected chi connectivity index (χ1v) is 9.02. The molecule has 2 heterocycles. The first-order valence-electron chi connectivity index (χ1n) is 8.03. The molecule has 130 valence electrons. The van der Waals surface area contributed by atoms with Crippen LogP contribution in [0.4, 0.5) is 5.82 Å². The summed E-state index contributed by atoms with van der Waals surface area (Å²) in [4.78, 5) is 16.5. The third-order valence-electron chi connectivity index (χ3n) is 3.65. The van der Waals surface area contributed by atoms with Crippen molar-refractivity contribution in [3.8, 4) is 5.69 Å². The summed E-state index contributed by atoms with van der Waals surface area (Å²) in [5, 5.41) is 7.25. The minimum atomic E-state index is -0.148. The molecule has 0 aliphatic heterocycles. The number of anilines is 1. The summed E-state index contributed by atoms with van der Waals surface area (Å²) < 4.78 is 6.96. The van der Waals surface area contributed by atoms with Crippen LogP contribution in [0.5, 0.6) is 0 Å². The molecule has 0 aliphatic carbocycles. The van der Waals surface area contributed by atoms with Crippen LogP contribution in [-0.4, -0.2) is 26.4 Å². The van der Waals surface area contributed by atoms with Crippen LogP contribution in [-0.2, 0) is 4.79 Å². The fourth-order valence-corrected chi connectivity index (χ4v) is 3.28. The second-order valence-corrected chi connectivity index (χ2v) is 6.90. The Bertz CT molecular complexity index is 869. The van der Waals surface area contributed by atoms with Gasteiger partial charge in [-0.25, -0.2) is 4.98 Å². The highest BCUT2D eigenvalue weighted by atomic mass is 32.2. The van der Waals surface area contributed by atoms with Crippen LogP contribution in [0.25, 0.3) is 5.69 Å². The summed E-state index contributed by atoms with van der Waals surface area (Å²) >= 11 is 1.38. The average molecular weight is 356 g/mol. The number of imidazole rings is 1. The van der Waals surface area contributed by atoms with Crippen molar-refractivity contribution in [2.24, 2.45) is 0 Å². The lowest BCUT2D eigenvalue weighted by Crippen LogP contribution is -2.14. The van der Waals surface area contributed by atoms with Crippen LogP contribution < -0.4 is 5.32 Å². The van der Waals surface area contributed by atoms with Gasteiger partial charge in [0.15, 0.2) is 11.0 Å². The highest BCUT2D eigenvalue weighted by Gasteiger charge is 2.13. The van der Waals surface area contributed by atoms with E-state index in [4.69, 9.17) is 4.52 Å². The Hall–Kier alpha value is -2.54. The Morgan fingerprint density at radius 1 is 1.36 bits per heavy atom. The fourth-order valence-electron chi connectivity index (χ4n) is 2.51. The minimum Gasteiger partial charge on any atom is -0.360 e. The van der Waals surface area contributed by atoms with Gasteiger partial charge in [0.25, 0.3) is 0 Å². The van der Waals surface area contributed by atoms with Crippen LogP contribution in [0.1, 0.15) is 31.1 Å². The number of aromatic nitrogens is 3. The molecule has 1 amide bonds. The molecule has 0 saturated carbocycles. The number of rotatable bonds is 6. The summed E-state index contributed by atoms with van der Waals surface area (Å²) in [5.74, 6) is 1.58. The highest BCUT2D eigenvalue weighted by Crippen LogP contribution is 2.27. The molecular weight excluding hydrogens is 336 g/mol. The van der Waals surface area contributed by atoms with Gasteiger partial charge in [0.1, 0.15) is 5.76 Å². The molecule has 0 spiro atoms. The number of para-hydroxylation sites is 1. The van der Waals surface area contributed by atoms with E-state index in [0.29, 0.717) is 17.5 Å². The number of hydrogen-bond acceptors (Lipinski definition) is 5. The number of thioether (sulfide) groups is 1. The number of amides is 1. The van der Waals surface area contributed by atoms with Gasteiger partial charge in [-0.05, 0) is 24.5 Å². The van der Waals surface area contributed by atoms with Crippen LogP contribution in [0.2, 0.25) is 0 Å². The van der Waals surface area contributed by atoms with Crippen LogP contribution in [0.15, 0.2) is 52.4 Å². The summed E-state index contributed by atoms with van der Waals surface area (Å²) in [5.41, 5.74) is 2.33. The normalized spacial score (nSPS) is 11.0. The lowest BCUT2D eigenvalue weighted by atomic mass is 10.0. The molecule has 3 aromatic rings. The molecule has 0 unspecified atom stereocenters. The van der Waals surface area contributed by atoms with E-state index in [1.807, 2.05) is 22.9 Å². The van der Waals surface area contributed by atoms with Gasteiger partial charge < -0.3 is 9.84 Å². The van der Waals surface area contributed by atoms with Gasteiger partial charge in [-0.3, -0.25) is 9.36 Å². The number of aryl methyl sites for hydroxylation is 1. The molecule has 25 heavy (non-hydrogen) atoms. The molecule has 0 fully saturated rings. The summed E-state index contributed by atoms with van der Waals surface area (Å²) in [6, 6.07) is 9.92. The topological polar surface area (TPSA) is 73.0 Å². The lowest BCUT2D eigenvalue weighted by molar-refractivity contribution is -0.113. The van der Waals surface area contributed by atoms with Gasteiger partial charge in [0, 0.05) is 18.5 Å². The maximum Gasteiger partial charge on any atom is 0.236 e. The molecule has 0 aliphatic rings. The Morgan fingerprint density at radius 3 is 2.88 bits per heavy atom. The Labute approximate surface area is 150 Å². The van der Waals surface area contributed by atoms with Crippen molar-refractivity contribution in [1.82, 2.24) is 14.7 Å². The van der Waals surface area contributed by atoms with E-state index in [-0.39, 0.29) is 11.7 Å². The van der Waals surface area contributed by atoms with E-state index in [2.05, 4.69) is 41.4 Å². The van der Waals surface area contributed by atoms with Crippen molar-refractivity contribution >= 4 is 23.5 Å². The summed E-state index contributed by atoms with van der Waals surface area (Å²) in [6.07, 6.45) is 3.67. The Kier molecular flexibility index (Phi) is 5.23. The molecule has 7 heteroatoms. The van der Waals surface area contributed by atoms with E-state index in [1.165, 1.54) is 17.3 Å². The van der Waals surface area contributed by atoms with E-state index >= 15 is 0 Å². The monoisotopic (exact) mass is 356 g/mol. The van der Waals surface area contributed by atoms with E-state index in [9.17, 15) is 4.79 Å². The lowest BCUT2D eigenvalue weighted by Gasteiger charge is -2.15. The number of benzene rings is 1. The zero-order valence-corrected chi connectivity index (χ0v) is 15.2. The summed E-state index contributed by atoms with van der Waals surface area (Å²) in [7, 11) is 0. The molecule has 6 nitrogen and oxygen atoms in total. The van der Waals surface area contributed by atoms with Gasteiger partial charge in [-0.1, -0.05) is 49.0 Å². The first-order chi connectivity index (χ1) is 12.0. The van der Waals surface area contributed by atoms with Gasteiger partial charge in [0.05, 0.1) is 11.4 Å². The molecule has 1 N–H and O–H groups in total. The third-order valence-corrected chi connectivity index (χ3v) is 4.62. The SMILES string of the molecule is Cc1cc(NC(=O)CSc2nccn2-c2ccccc2C(C)C)no1. The highest BCUT2D eigenvalue weighted by molar-refractivity contribution is 7.99. The van der Waals surface area contributed by atoms with Crippen LogP contribution in [0, 0.1) is 6.92 Å². The van der Waals surface area contributed by atoms with Gasteiger partial charge in [-0.15, -0.1) is 0 Å². The van der Waals surface area contributed by atoms with Crippen LogP contribution in [0.3, 0.4) is 0 Å². The minimum absolute atomic E-state index is 0.148. The molecule has 1 aromatic carbocycles.